The number of thiocarbonyl (C=S) groups is 1. The van der Waals surface area contributed by atoms with Crippen LogP contribution in [0.2, 0.25) is 0 Å². The summed E-state index contributed by atoms with van der Waals surface area (Å²) in [4.78, 5) is 18.8. The monoisotopic (exact) mass is 639 g/mol. The van der Waals surface area contributed by atoms with Crippen LogP contribution in [-0.4, -0.2) is 70.2 Å². The molecule has 0 saturated carbocycles. The highest BCUT2D eigenvalue weighted by atomic mass is 32.1. The van der Waals surface area contributed by atoms with Crippen LogP contribution in [0.5, 0.6) is 0 Å². The Morgan fingerprint density at radius 1 is 0.750 bits per heavy atom. The van der Waals surface area contributed by atoms with Crippen molar-refractivity contribution in [2.24, 2.45) is 4.99 Å². The normalized spacial score (nSPS) is 14.5. The number of hydrogen-bond acceptors (Lipinski definition) is 4. The van der Waals surface area contributed by atoms with Gasteiger partial charge in [0.1, 0.15) is 0 Å². The number of carbonyl (C=O) groups excluding carboxylic acids is 1. The molecule has 0 atom stereocenters. The van der Waals surface area contributed by atoms with Gasteiger partial charge in [0.15, 0.2) is 0 Å². The predicted octanol–water partition coefficient (Wildman–Crippen LogP) is 7.34. The van der Waals surface area contributed by atoms with Crippen LogP contribution in [0.1, 0.15) is 23.2 Å². The maximum absolute atomic E-state index is 13.8. The largest absolute Gasteiger partial charge is 0.460 e. The van der Waals surface area contributed by atoms with Gasteiger partial charge in [-0.2, -0.15) is 79.6 Å². The molecule has 0 bridgehead atoms. The lowest BCUT2D eigenvalue weighted by atomic mass is 9.88. The molecule has 1 aromatic heterocycles. The number of halogens is 17. The molecule has 1 rings (SSSR count). The Kier molecular flexibility index (Phi) is 9.61. The average molecular weight is 639 g/mol. The maximum Gasteiger partial charge on any atom is 0.460 e. The van der Waals surface area contributed by atoms with Crippen LogP contribution >= 0.6 is 12.2 Å². The number of aromatic nitrogens is 1. The molecular weight excluding hydrogens is 629 g/mol. The van der Waals surface area contributed by atoms with E-state index in [4.69, 9.17) is 0 Å². The van der Waals surface area contributed by atoms with Gasteiger partial charge in [0.25, 0.3) is 5.91 Å². The second-order valence-electron chi connectivity index (χ2n) is 7.64. The van der Waals surface area contributed by atoms with E-state index in [-0.39, 0.29) is 11.3 Å². The van der Waals surface area contributed by atoms with Gasteiger partial charge in [0, 0.05) is 19.2 Å². The molecule has 1 aromatic rings. The van der Waals surface area contributed by atoms with E-state index in [0.717, 1.165) is 18.5 Å². The summed E-state index contributed by atoms with van der Waals surface area (Å²) in [5.74, 6) is -57.9. The van der Waals surface area contributed by atoms with E-state index in [1.807, 2.05) is 5.16 Å². The topological polar surface area (TPSA) is 54.4 Å². The Bertz CT molecular complexity index is 1130. The van der Waals surface area contributed by atoms with Crippen molar-refractivity contribution < 1.29 is 79.4 Å². The molecular formula is C18H10F17N3OS. The van der Waals surface area contributed by atoms with E-state index in [2.05, 4.69) is 22.2 Å². The Balaban J connectivity index is 3.17. The minimum absolute atomic E-state index is 0.0626. The SMILES string of the molecule is O=C(NCCCC(F)(F)C(F)(F)C(F)(F)C(F)(F)C(F)(F)C(F)(F)C(F)(F)C(F)(F)F)c1cncc(N=C=S)c1. The second-order valence-corrected chi connectivity index (χ2v) is 7.83. The molecule has 1 amide bonds. The Morgan fingerprint density at radius 3 is 1.65 bits per heavy atom. The number of nitrogens with one attached hydrogen (secondary N) is 1. The van der Waals surface area contributed by atoms with Gasteiger partial charge in [-0.25, -0.2) is 0 Å². The molecule has 0 spiro atoms. The highest BCUT2D eigenvalue weighted by Gasteiger charge is 2.95. The minimum Gasteiger partial charge on any atom is -0.352 e. The molecule has 0 aliphatic rings. The number of aliphatic imine (C=N–C) groups is 1. The van der Waals surface area contributed by atoms with Gasteiger partial charge >= 0.3 is 47.6 Å². The summed E-state index contributed by atoms with van der Waals surface area (Å²) in [7, 11) is 0. The summed E-state index contributed by atoms with van der Waals surface area (Å²) in [6.07, 6.45) is -10.1. The van der Waals surface area contributed by atoms with Gasteiger partial charge < -0.3 is 5.32 Å². The molecule has 0 aromatic carbocycles. The van der Waals surface area contributed by atoms with E-state index in [1.54, 1.807) is 5.32 Å². The summed E-state index contributed by atoms with van der Waals surface area (Å²) in [5.41, 5.74) is -0.430. The van der Waals surface area contributed by atoms with Gasteiger partial charge in [-0.3, -0.25) is 9.78 Å². The molecule has 0 unspecified atom stereocenters. The lowest BCUT2D eigenvalue weighted by Gasteiger charge is -2.42. The first-order valence-electron chi connectivity index (χ1n) is 9.70. The summed E-state index contributed by atoms with van der Waals surface area (Å²) >= 11 is 4.28. The molecule has 228 valence electrons. The van der Waals surface area contributed by atoms with E-state index in [9.17, 15) is 79.4 Å². The molecule has 0 aliphatic carbocycles. The van der Waals surface area contributed by atoms with Crippen molar-refractivity contribution >= 4 is 29.0 Å². The Labute approximate surface area is 215 Å². The van der Waals surface area contributed by atoms with Crippen molar-refractivity contribution in [3.05, 3.63) is 24.0 Å². The van der Waals surface area contributed by atoms with E-state index < -0.39 is 72.9 Å². The summed E-state index contributed by atoms with van der Waals surface area (Å²) in [6, 6.07) is 0.977. The van der Waals surface area contributed by atoms with Gasteiger partial charge in [0.2, 0.25) is 0 Å². The van der Waals surface area contributed by atoms with Gasteiger partial charge in [-0.05, 0) is 24.7 Å². The van der Waals surface area contributed by atoms with Crippen LogP contribution in [0.25, 0.3) is 0 Å². The van der Waals surface area contributed by atoms with Crippen LogP contribution in [0.4, 0.5) is 80.3 Å². The lowest BCUT2D eigenvalue weighted by Crippen LogP contribution is -2.74. The lowest BCUT2D eigenvalue weighted by molar-refractivity contribution is -0.461. The standard InChI is InChI=1S/C18H10F17N3OS/c19-11(20,2-1-3-37-10(39)8-4-9(38-7-40)6-36-5-8)12(21,22)13(23,24)14(25,26)15(27,28)16(29,30)17(31,32)18(33,34)35/h4-6H,1-3H2,(H,37,39). The van der Waals surface area contributed by atoms with Gasteiger partial charge in [-0.15, -0.1) is 0 Å². The summed E-state index contributed by atoms with van der Waals surface area (Å²) < 4.78 is 225. The molecule has 1 heterocycles. The zero-order chi connectivity index (χ0) is 31.8. The van der Waals surface area contributed by atoms with Gasteiger partial charge in [-0.1, -0.05) is 0 Å². The van der Waals surface area contributed by atoms with E-state index in [1.165, 1.54) is 0 Å². The molecule has 0 radical (unpaired) electrons. The first kappa shape index (κ1) is 35.3. The van der Waals surface area contributed by atoms with Crippen LogP contribution in [0, 0.1) is 0 Å². The zero-order valence-corrected chi connectivity index (χ0v) is 19.3. The first-order valence-corrected chi connectivity index (χ1v) is 10.1. The van der Waals surface area contributed by atoms with Crippen molar-refractivity contribution in [1.82, 2.24) is 10.3 Å². The summed E-state index contributed by atoms with van der Waals surface area (Å²) in [5, 5.41) is 3.63. The maximum atomic E-state index is 13.8. The van der Waals surface area contributed by atoms with Crippen molar-refractivity contribution in [2.75, 3.05) is 6.54 Å². The van der Waals surface area contributed by atoms with Crippen molar-refractivity contribution in [3.63, 3.8) is 0 Å². The van der Waals surface area contributed by atoms with E-state index in [0.29, 0.717) is 0 Å². The van der Waals surface area contributed by atoms with Gasteiger partial charge in [0.05, 0.1) is 22.6 Å². The van der Waals surface area contributed by atoms with Crippen LogP contribution in [-0.2, 0) is 0 Å². The summed E-state index contributed by atoms with van der Waals surface area (Å²) in [6.45, 7) is -1.13. The molecule has 0 aliphatic heterocycles. The Hall–Kier alpha value is -2.77. The molecule has 0 saturated heterocycles. The highest BCUT2D eigenvalue weighted by Crippen LogP contribution is 2.64. The fourth-order valence-electron chi connectivity index (χ4n) is 2.63. The number of isothiocyanates is 1. The quantitative estimate of drug-likeness (QED) is 0.113. The van der Waals surface area contributed by atoms with Crippen LogP contribution < -0.4 is 5.32 Å². The number of pyridine rings is 1. The molecule has 0 fully saturated rings. The first-order chi connectivity index (χ1) is 17.7. The van der Waals surface area contributed by atoms with Crippen molar-refractivity contribution in [1.29, 1.82) is 0 Å². The fraction of sp³-hybridized carbons (Fsp3) is 0.611. The van der Waals surface area contributed by atoms with E-state index >= 15 is 0 Å². The number of nitrogens with zero attached hydrogens (tertiary/aromatic N) is 2. The number of amides is 1. The third-order valence-corrected chi connectivity index (χ3v) is 4.99. The van der Waals surface area contributed by atoms with Crippen LogP contribution in [0.15, 0.2) is 23.5 Å². The predicted molar refractivity (Wildman–Crippen MR) is 101 cm³/mol. The minimum atomic E-state index is -8.68. The molecule has 1 N–H and O–H groups in total. The molecule has 22 heteroatoms. The van der Waals surface area contributed by atoms with Crippen molar-refractivity contribution in [3.8, 4) is 0 Å². The smallest absolute Gasteiger partial charge is 0.352 e. The molecule has 4 nitrogen and oxygen atoms in total. The second kappa shape index (κ2) is 10.9. The zero-order valence-electron chi connectivity index (χ0n) is 18.5. The Morgan fingerprint density at radius 2 is 1.20 bits per heavy atom. The average Bonchev–Trinajstić information content (AvgIpc) is 2.80. The fourth-order valence-corrected chi connectivity index (χ4v) is 2.74. The van der Waals surface area contributed by atoms with Crippen molar-refractivity contribution in [2.45, 2.75) is 60.5 Å². The highest BCUT2D eigenvalue weighted by molar-refractivity contribution is 7.78. The number of carbonyl (C=O) groups is 1. The third kappa shape index (κ3) is 5.68. The number of hydrogen-bond donors (Lipinski definition) is 1. The number of rotatable bonds is 12. The van der Waals surface area contributed by atoms with Crippen LogP contribution in [0.3, 0.4) is 0 Å². The third-order valence-electron chi connectivity index (χ3n) is 4.90. The number of alkyl halides is 17. The molecule has 40 heavy (non-hydrogen) atoms.